The highest BCUT2D eigenvalue weighted by molar-refractivity contribution is 7.99. The number of nitrogens with one attached hydrogen (secondary N) is 1. The van der Waals surface area contributed by atoms with Crippen LogP contribution in [0.4, 0.5) is 11.4 Å². The van der Waals surface area contributed by atoms with E-state index in [0.29, 0.717) is 30.0 Å². The predicted octanol–water partition coefficient (Wildman–Crippen LogP) is 4.09. The Labute approximate surface area is 172 Å². The highest BCUT2D eigenvalue weighted by Gasteiger charge is 2.27. The summed E-state index contributed by atoms with van der Waals surface area (Å²) in [6.45, 7) is 0.871. The van der Waals surface area contributed by atoms with Crippen LogP contribution < -0.4 is 10.2 Å². The van der Waals surface area contributed by atoms with Crippen LogP contribution in [0.2, 0.25) is 0 Å². The molecule has 2 aromatic carbocycles. The number of pyridine rings is 1. The maximum Gasteiger partial charge on any atom is 0.259 e. The fraction of sp³-hybridized carbons (Fsp3) is 0.136. The van der Waals surface area contributed by atoms with Gasteiger partial charge in [0.15, 0.2) is 0 Å². The molecule has 1 aliphatic heterocycles. The first kappa shape index (κ1) is 19.2. The number of carbonyl (C=O) groups is 2. The molecule has 6 nitrogen and oxygen atoms in total. The van der Waals surface area contributed by atoms with Gasteiger partial charge in [-0.2, -0.15) is 0 Å². The minimum atomic E-state index is -0.232. The van der Waals surface area contributed by atoms with Crippen LogP contribution in [0.25, 0.3) is 0 Å². The number of rotatable bonds is 5. The summed E-state index contributed by atoms with van der Waals surface area (Å²) in [5.41, 5.74) is 2.60. The molecular formula is C22H19N3O3S. The fourth-order valence-electron chi connectivity index (χ4n) is 3.11. The number of nitrogens with zero attached hydrogens (tertiary/aromatic N) is 2. The summed E-state index contributed by atoms with van der Waals surface area (Å²) in [5, 5.41) is 2.90. The molecule has 1 aliphatic rings. The molecule has 0 fully saturated rings. The number of fused-ring (bicyclic) bond motifs is 2. The maximum atomic E-state index is 13.1. The molecule has 0 unspecified atom stereocenters. The molecule has 0 radical (unpaired) electrons. The summed E-state index contributed by atoms with van der Waals surface area (Å²) < 4.78 is 5.20. The molecule has 3 aromatic rings. The van der Waals surface area contributed by atoms with Gasteiger partial charge in [0.05, 0.1) is 23.4 Å². The van der Waals surface area contributed by atoms with Crippen LogP contribution in [-0.2, 0) is 4.74 Å². The van der Waals surface area contributed by atoms with E-state index in [0.717, 1.165) is 15.5 Å². The van der Waals surface area contributed by atoms with Crippen LogP contribution in [0.15, 0.2) is 76.8 Å². The smallest absolute Gasteiger partial charge is 0.259 e. The number of hydrogen-bond donors (Lipinski definition) is 1. The number of ether oxygens (including phenoxy) is 1. The zero-order valence-corrected chi connectivity index (χ0v) is 16.6. The van der Waals surface area contributed by atoms with E-state index in [2.05, 4.69) is 10.3 Å². The van der Waals surface area contributed by atoms with Crippen LogP contribution in [0.1, 0.15) is 20.7 Å². The van der Waals surface area contributed by atoms with Gasteiger partial charge in [-0.1, -0.05) is 23.9 Å². The number of hydrogen-bond acceptors (Lipinski definition) is 5. The molecule has 0 saturated carbocycles. The Morgan fingerprint density at radius 3 is 2.79 bits per heavy atom. The van der Waals surface area contributed by atoms with E-state index in [1.807, 2.05) is 36.4 Å². The van der Waals surface area contributed by atoms with E-state index in [-0.39, 0.29) is 11.8 Å². The van der Waals surface area contributed by atoms with Gasteiger partial charge < -0.3 is 15.0 Å². The number of carbonyl (C=O) groups excluding carboxylic acids is 2. The molecule has 0 bridgehead atoms. The van der Waals surface area contributed by atoms with Crippen molar-refractivity contribution < 1.29 is 14.3 Å². The van der Waals surface area contributed by atoms with Crippen molar-refractivity contribution in [2.75, 3.05) is 30.5 Å². The lowest BCUT2D eigenvalue weighted by Gasteiger charge is -2.23. The van der Waals surface area contributed by atoms with E-state index in [1.54, 1.807) is 36.4 Å². The molecule has 2 amide bonds. The highest BCUT2D eigenvalue weighted by atomic mass is 32.2. The van der Waals surface area contributed by atoms with Crippen molar-refractivity contribution in [3.8, 4) is 0 Å². The predicted molar refractivity (Wildman–Crippen MR) is 113 cm³/mol. The second-order valence-electron chi connectivity index (χ2n) is 6.43. The molecule has 7 heteroatoms. The molecule has 29 heavy (non-hydrogen) atoms. The highest BCUT2D eigenvalue weighted by Crippen LogP contribution is 2.42. The van der Waals surface area contributed by atoms with Gasteiger partial charge in [-0.25, -0.2) is 0 Å². The zero-order valence-electron chi connectivity index (χ0n) is 15.8. The first-order chi connectivity index (χ1) is 14.2. The number of amides is 2. The summed E-state index contributed by atoms with van der Waals surface area (Å²) in [6, 6.07) is 16.5. The Bertz CT molecular complexity index is 1060. The summed E-state index contributed by atoms with van der Waals surface area (Å²) in [4.78, 5) is 33.1. The van der Waals surface area contributed by atoms with Crippen LogP contribution in [0.3, 0.4) is 0 Å². The number of aromatic nitrogens is 1. The molecule has 0 atom stereocenters. The van der Waals surface area contributed by atoms with Crippen molar-refractivity contribution in [1.29, 1.82) is 0 Å². The Morgan fingerprint density at radius 2 is 2.00 bits per heavy atom. The van der Waals surface area contributed by atoms with Gasteiger partial charge in [-0.15, -0.1) is 0 Å². The van der Waals surface area contributed by atoms with Gasteiger partial charge in [-0.3, -0.25) is 14.6 Å². The SMILES string of the molecule is COCCN1C(=O)c2ccccc2Sc2cc(NC(=O)c3cccnc3)ccc21. The number of anilines is 2. The minimum Gasteiger partial charge on any atom is -0.383 e. The van der Waals surface area contributed by atoms with Gasteiger partial charge in [0, 0.05) is 41.5 Å². The lowest BCUT2D eigenvalue weighted by atomic mass is 10.1. The van der Waals surface area contributed by atoms with Gasteiger partial charge in [0.25, 0.3) is 11.8 Å². The third-order valence-electron chi connectivity index (χ3n) is 4.53. The lowest BCUT2D eigenvalue weighted by Crippen LogP contribution is -2.33. The maximum absolute atomic E-state index is 13.1. The van der Waals surface area contributed by atoms with E-state index in [1.165, 1.54) is 18.0 Å². The van der Waals surface area contributed by atoms with Gasteiger partial charge >= 0.3 is 0 Å². The Balaban J connectivity index is 1.69. The van der Waals surface area contributed by atoms with Crippen molar-refractivity contribution >= 4 is 35.0 Å². The van der Waals surface area contributed by atoms with Crippen molar-refractivity contribution in [3.63, 3.8) is 0 Å². The summed E-state index contributed by atoms with van der Waals surface area (Å²) in [7, 11) is 1.61. The molecule has 0 aliphatic carbocycles. The minimum absolute atomic E-state index is 0.0592. The molecule has 2 heterocycles. The van der Waals surface area contributed by atoms with Gasteiger partial charge in [-0.05, 0) is 42.5 Å². The normalized spacial score (nSPS) is 12.7. The average Bonchev–Trinajstić information content (AvgIpc) is 2.87. The van der Waals surface area contributed by atoms with Crippen LogP contribution in [0, 0.1) is 0 Å². The Kier molecular flexibility index (Phi) is 5.59. The quantitative estimate of drug-likeness (QED) is 0.692. The lowest BCUT2D eigenvalue weighted by molar-refractivity contribution is 0.0972. The van der Waals surface area contributed by atoms with E-state index >= 15 is 0 Å². The number of benzene rings is 2. The first-order valence-electron chi connectivity index (χ1n) is 9.10. The topological polar surface area (TPSA) is 71.5 Å². The van der Waals surface area contributed by atoms with Crippen molar-refractivity contribution in [1.82, 2.24) is 4.98 Å². The summed E-state index contributed by atoms with van der Waals surface area (Å²) in [5.74, 6) is -0.291. The van der Waals surface area contributed by atoms with Gasteiger partial charge in [0.2, 0.25) is 0 Å². The van der Waals surface area contributed by atoms with Crippen molar-refractivity contribution in [3.05, 3.63) is 78.1 Å². The molecule has 0 spiro atoms. The van der Waals surface area contributed by atoms with Crippen molar-refractivity contribution in [2.45, 2.75) is 9.79 Å². The van der Waals surface area contributed by atoms with E-state index in [9.17, 15) is 9.59 Å². The average molecular weight is 405 g/mol. The number of methoxy groups -OCH3 is 1. The summed E-state index contributed by atoms with van der Waals surface area (Å²) in [6.07, 6.45) is 3.15. The molecule has 1 N–H and O–H groups in total. The second-order valence-corrected chi connectivity index (χ2v) is 7.51. The van der Waals surface area contributed by atoms with Crippen LogP contribution in [-0.4, -0.2) is 37.1 Å². The molecular weight excluding hydrogens is 386 g/mol. The molecule has 146 valence electrons. The standard InChI is InChI=1S/C22H19N3O3S/c1-28-12-11-25-18-9-8-16(24-21(26)15-5-4-10-23-14-15)13-20(18)29-19-7-3-2-6-17(19)22(25)27/h2-10,13-14H,11-12H2,1H3,(H,24,26). The van der Waals surface area contributed by atoms with Crippen LogP contribution in [0.5, 0.6) is 0 Å². The molecule has 4 rings (SSSR count). The third kappa shape index (κ3) is 4.01. The first-order valence-corrected chi connectivity index (χ1v) is 9.92. The Morgan fingerprint density at radius 1 is 1.14 bits per heavy atom. The third-order valence-corrected chi connectivity index (χ3v) is 5.66. The molecule has 1 aromatic heterocycles. The van der Waals surface area contributed by atoms with Crippen molar-refractivity contribution in [2.24, 2.45) is 0 Å². The zero-order chi connectivity index (χ0) is 20.2. The summed E-state index contributed by atoms with van der Waals surface area (Å²) >= 11 is 1.51. The fourth-order valence-corrected chi connectivity index (χ4v) is 4.22. The Hall–Kier alpha value is -3.16. The van der Waals surface area contributed by atoms with Gasteiger partial charge in [0.1, 0.15) is 0 Å². The largest absolute Gasteiger partial charge is 0.383 e. The van der Waals surface area contributed by atoms with E-state index < -0.39 is 0 Å². The molecule has 0 saturated heterocycles. The second kappa shape index (κ2) is 8.46. The monoisotopic (exact) mass is 405 g/mol. The van der Waals surface area contributed by atoms with Crippen LogP contribution >= 0.6 is 11.8 Å². The van der Waals surface area contributed by atoms with E-state index in [4.69, 9.17) is 4.74 Å².